The highest BCUT2D eigenvalue weighted by molar-refractivity contribution is 6.54. The molecule has 0 amide bonds. The molecule has 193 valence electrons. The predicted molar refractivity (Wildman–Crippen MR) is 169 cm³/mol. The van der Waals surface area contributed by atoms with Crippen molar-refractivity contribution in [1.82, 2.24) is 9.55 Å². The first-order valence-electron chi connectivity index (χ1n) is 14.0. The molecule has 39 heavy (non-hydrogen) atoms. The maximum Gasteiger partial charge on any atom is 0.215 e. The first kappa shape index (κ1) is 26.7. The summed E-state index contributed by atoms with van der Waals surface area (Å²) in [5.74, 6) is 0.491. The molecule has 4 aromatic carbocycles. The standard InChI is InChI=1S/C35H36BN2Si/c1-28(26-33(29-14-6-2-7-15-29)30-16-8-3-9-17-30)22-25-39-27-38-24-23-37-35(38)36-34(31-18-10-4-11-19-31)32-20-12-5-13-21-32/h2-21,23-24,26,33-34H,22,25,27,39H2,1H3. The van der Waals surface area contributed by atoms with E-state index in [2.05, 4.69) is 152 Å². The zero-order chi connectivity index (χ0) is 26.7. The van der Waals surface area contributed by atoms with Crippen LogP contribution < -0.4 is 5.72 Å². The average molecular weight is 524 g/mol. The quantitative estimate of drug-likeness (QED) is 0.101. The molecule has 4 heteroatoms. The summed E-state index contributed by atoms with van der Waals surface area (Å²) in [7, 11) is 2.05. The second-order valence-corrected chi connectivity index (χ2v) is 12.1. The minimum atomic E-state index is -0.279. The van der Waals surface area contributed by atoms with Gasteiger partial charge in [-0.05, 0) is 41.4 Å². The van der Waals surface area contributed by atoms with E-state index in [0.29, 0.717) is 5.92 Å². The smallest absolute Gasteiger partial charge is 0.215 e. The SMILES string of the molecule is CC(=CC(c1ccccc1)c1ccccc1)CC[SiH2]Cn1ccnc1[B]C(c1ccccc1)c1ccccc1. The number of allylic oxidation sites excluding steroid dienone is 2. The van der Waals surface area contributed by atoms with Gasteiger partial charge in [0.05, 0.1) is 5.72 Å². The number of benzene rings is 4. The minimum Gasteiger partial charge on any atom is -0.347 e. The van der Waals surface area contributed by atoms with Gasteiger partial charge in [-0.3, -0.25) is 4.98 Å². The third-order valence-electron chi connectivity index (χ3n) is 7.37. The van der Waals surface area contributed by atoms with Crippen molar-refractivity contribution < 1.29 is 0 Å². The molecular formula is C35H36BN2Si. The van der Waals surface area contributed by atoms with E-state index in [1.165, 1.54) is 33.9 Å². The largest absolute Gasteiger partial charge is 0.347 e. The number of hydrogen-bond acceptors (Lipinski definition) is 1. The monoisotopic (exact) mass is 523 g/mol. The fourth-order valence-electron chi connectivity index (χ4n) is 5.28. The van der Waals surface area contributed by atoms with Gasteiger partial charge >= 0.3 is 0 Å². The van der Waals surface area contributed by atoms with E-state index in [9.17, 15) is 0 Å². The normalized spacial score (nSPS) is 12.0. The molecule has 0 aliphatic carbocycles. The summed E-state index contributed by atoms with van der Waals surface area (Å²) in [6, 6.07) is 44.5. The summed E-state index contributed by atoms with van der Waals surface area (Å²) in [5.41, 5.74) is 7.84. The lowest BCUT2D eigenvalue weighted by Crippen LogP contribution is -2.32. The van der Waals surface area contributed by atoms with Gasteiger partial charge in [-0.2, -0.15) is 0 Å². The summed E-state index contributed by atoms with van der Waals surface area (Å²) >= 11 is 0. The van der Waals surface area contributed by atoms with Crippen LogP contribution >= 0.6 is 0 Å². The average Bonchev–Trinajstić information content (AvgIpc) is 3.45. The second-order valence-electron chi connectivity index (χ2n) is 10.2. The molecule has 0 saturated heterocycles. The molecule has 0 aliphatic rings. The predicted octanol–water partition coefficient (Wildman–Crippen LogP) is 6.72. The van der Waals surface area contributed by atoms with Gasteiger partial charge in [-0.1, -0.05) is 139 Å². The van der Waals surface area contributed by atoms with Gasteiger partial charge in [0.15, 0.2) is 0 Å². The molecule has 1 heterocycles. The van der Waals surface area contributed by atoms with E-state index in [4.69, 9.17) is 4.98 Å². The molecule has 0 spiro atoms. The number of hydrogen-bond donors (Lipinski definition) is 0. The molecule has 0 N–H and O–H groups in total. The molecule has 0 unspecified atom stereocenters. The van der Waals surface area contributed by atoms with Crippen molar-refractivity contribution >= 4 is 22.5 Å². The zero-order valence-corrected chi connectivity index (χ0v) is 24.1. The number of rotatable bonds is 12. The van der Waals surface area contributed by atoms with E-state index in [0.717, 1.165) is 18.3 Å². The van der Waals surface area contributed by atoms with Gasteiger partial charge in [-0.15, -0.1) is 0 Å². The van der Waals surface area contributed by atoms with Crippen LogP contribution in [0, 0.1) is 0 Å². The van der Waals surface area contributed by atoms with E-state index >= 15 is 0 Å². The van der Waals surface area contributed by atoms with Gasteiger partial charge in [0.2, 0.25) is 7.28 Å². The molecule has 0 fully saturated rings. The van der Waals surface area contributed by atoms with Crippen LogP contribution in [0.4, 0.5) is 0 Å². The fraction of sp³-hybridized carbons (Fsp3) is 0.171. The van der Waals surface area contributed by atoms with Crippen LogP contribution in [0.5, 0.6) is 0 Å². The number of imidazole rings is 1. The molecule has 2 nitrogen and oxygen atoms in total. The van der Waals surface area contributed by atoms with E-state index in [1.807, 2.05) is 6.20 Å². The Morgan fingerprint density at radius 3 is 1.74 bits per heavy atom. The summed E-state index contributed by atoms with van der Waals surface area (Å²) in [4.78, 5) is 4.75. The summed E-state index contributed by atoms with van der Waals surface area (Å²) in [6.07, 6.45) is 8.83. The third-order valence-corrected chi connectivity index (χ3v) is 9.02. The molecule has 0 atom stereocenters. The lowest BCUT2D eigenvalue weighted by Gasteiger charge is -2.18. The Morgan fingerprint density at radius 1 is 0.744 bits per heavy atom. The number of aromatic nitrogens is 2. The van der Waals surface area contributed by atoms with Crippen LogP contribution in [0.25, 0.3) is 0 Å². The van der Waals surface area contributed by atoms with Crippen LogP contribution in [0.1, 0.15) is 47.3 Å². The lowest BCUT2D eigenvalue weighted by molar-refractivity contribution is 0.888. The van der Waals surface area contributed by atoms with Crippen molar-refractivity contribution in [2.75, 3.05) is 0 Å². The topological polar surface area (TPSA) is 17.8 Å². The van der Waals surface area contributed by atoms with E-state index in [-0.39, 0.29) is 15.3 Å². The van der Waals surface area contributed by atoms with Gasteiger partial charge < -0.3 is 4.57 Å². The highest BCUT2D eigenvalue weighted by Crippen LogP contribution is 2.28. The highest BCUT2D eigenvalue weighted by atomic mass is 28.2. The van der Waals surface area contributed by atoms with Crippen LogP contribution in [-0.4, -0.2) is 26.4 Å². The first-order valence-corrected chi connectivity index (χ1v) is 16.0. The molecule has 1 aromatic heterocycles. The van der Waals surface area contributed by atoms with Crippen molar-refractivity contribution in [2.24, 2.45) is 0 Å². The Morgan fingerprint density at radius 2 is 1.23 bits per heavy atom. The van der Waals surface area contributed by atoms with Crippen molar-refractivity contribution in [2.45, 2.75) is 37.3 Å². The Kier molecular flexibility index (Phi) is 9.43. The Bertz CT molecular complexity index is 1350. The molecule has 0 aliphatic heterocycles. The van der Waals surface area contributed by atoms with Crippen molar-refractivity contribution in [3.05, 3.63) is 168 Å². The molecular weight excluding hydrogens is 487 g/mol. The Balaban J connectivity index is 1.22. The minimum absolute atomic E-state index is 0.188. The highest BCUT2D eigenvalue weighted by Gasteiger charge is 2.19. The molecule has 0 saturated carbocycles. The lowest BCUT2D eigenvalue weighted by atomic mass is 9.58. The molecule has 5 rings (SSSR count). The third kappa shape index (κ3) is 7.36. The Labute approximate surface area is 236 Å². The van der Waals surface area contributed by atoms with Crippen molar-refractivity contribution in [3.8, 4) is 0 Å². The number of nitrogens with zero attached hydrogens (tertiary/aromatic N) is 2. The molecule has 0 bridgehead atoms. The molecule has 1 radical (unpaired) electrons. The fourth-order valence-corrected chi connectivity index (χ4v) is 7.03. The van der Waals surface area contributed by atoms with Crippen LogP contribution in [0.2, 0.25) is 6.04 Å². The van der Waals surface area contributed by atoms with Gasteiger partial charge in [-0.25, -0.2) is 0 Å². The van der Waals surface area contributed by atoms with Crippen molar-refractivity contribution in [1.29, 1.82) is 0 Å². The maximum absolute atomic E-state index is 4.75. The van der Waals surface area contributed by atoms with Crippen LogP contribution in [0.15, 0.2) is 145 Å². The summed E-state index contributed by atoms with van der Waals surface area (Å²) in [6.45, 7) is 2.30. The Hall–Kier alpha value is -3.89. The summed E-state index contributed by atoms with van der Waals surface area (Å²) in [5, 5.41) is 0. The van der Waals surface area contributed by atoms with Crippen LogP contribution in [-0.2, 0) is 6.17 Å². The molecule has 5 aromatic rings. The van der Waals surface area contributed by atoms with E-state index in [1.54, 1.807) is 0 Å². The second kappa shape index (κ2) is 13.8. The van der Waals surface area contributed by atoms with Crippen molar-refractivity contribution in [3.63, 3.8) is 0 Å². The summed E-state index contributed by atoms with van der Waals surface area (Å²) < 4.78 is 2.36. The van der Waals surface area contributed by atoms with Gasteiger partial charge in [0.1, 0.15) is 0 Å². The van der Waals surface area contributed by atoms with E-state index < -0.39 is 0 Å². The van der Waals surface area contributed by atoms with Gasteiger partial charge in [0, 0.05) is 34.0 Å². The first-order chi connectivity index (χ1) is 19.3. The zero-order valence-electron chi connectivity index (χ0n) is 22.7. The van der Waals surface area contributed by atoms with Gasteiger partial charge in [0.25, 0.3) is 0 Å². The maximum atomic E-state index is 4.75. The van der Waals surface area contributed by atoms with Crippen LogP contribution in [0.3, 0.4) is 0 Å².